The number of rotatable bonds is 7. The van der Waals surface area contributed by atoms with Crippen molar-refractivity contribution in [2.45, 2.75) is 19.9 Å². The fourth-order valence-corrected chi connectivity index (χ4v) is 2.31. The molecule has 0 radical (unpaired) electrons. The molecule has 0 aromatic heterocycles. The first kappa shape index (κ1) is 14.8. The second-order valence-corrected chi connectivity index (χ2v) is 4.06. The van der Waals surface area contributed by atoms with E-state index >= 15 is 0 Å². The van der Waals surface area contributed by atoms with Crippen LogP contribution in [0.1, 0.15) is 25.5 Å². The molecule has 0 aliphatic heterocycles. The van der Waals surface area contributed by atoms with E-state index in [-0.39, 0.29) is 6.04 Å². The standard InChI is InChI=1S/C14H24N2O2/c1-5-16(6-2)12(10-15)11-8-7-9-13(17-3)14(11)18-4/h7-9,12H,5-6,10,15H2,1-4H3/t12-/m0/s1. The molecule has 0 bridgehead atoms. The van der Waals surface area contributed by atoms with Gasteiger partial charge in [-0.05, 0) is 19.2 Å². The number of para-hydroxylation sites is 1. The Morgan fingerprint density at radius 1 is 1.17 bits per heavy atom. The van der Waals surface area contributed by atoms with Gasteiger partial charge in [-0.25, -0.2) is 0 Å². The van der Waals surface area contributed by atoms with Crippen molar-refractivity contribution in [2.24, 2.45) is 5.73 Å². The third-order valence-electron chi connectivity index (χ3n) is 3.27. The number of likely N-dealkylation sites (N-methyl/N-ethyl adjacent to an activating group) is 1. The Morgan fingerprint density at radius 3 is 2.28 bits per heavy atom. The lowest BCUT2D eigenvalue weighted by atomic mass is 10.0. The summed E-state index contributed by atoms with van der Waals surface area (Å²) in [4.78, 5) is 2.32. The van der Waals surface area contributed by atoms with Crippen LogP contribution in [0.2, 0.25) is 0 Å². The molecule has 102 valence electrons. The molecule has 4 nitrogen and oxygen atoms in total. The molecule has 0 fully saturated rings. The molecule has 0 aliphatic carbocycles. The summed E-state index contributed by atoms with van der Waals surface area (Å²) in [7, 11) is 3.31. The fourth-order valence-electron chi connectivity index (χ4n) is 2.31. The number of hydrogen-bond donors (Lipinski definition) is 1. The second-order valence-electron chi connectivity index (χ2n) is 4.06. The van der Waals surface area contributed by atoms with Crippen molar-refractivity contribution < 1.29 is 9.47 Å². The van der Waals surface area contributed by atoms with Gasteiger partial charge < -0.3 is 15.2 Å². The van der Waals surface area contributed by atoms with Crippen molar-refractivity contribution >= 4 is 0 Å². The van der Waals surface area contributed by atoms with Gasteiger partial charge in [0.25, 0.3) is 0 Å². The Kier molecular flexibility index (Phi) is 5.95. The quantitative estimate of drug-likeness (QED) is 0.807. The summed E-state index contributed by atoms with van der Waals surface area (Å²) in [6, 6.07) is 6.09. The number of benzene rings is 1. The Bertz CT molecular complexity index is 365. The molecular weight excluding hydrogens is 228 g/mol. The molecule has 1 atom stereocenters. The molecule has 0 amide bonds. The lowest BCUT2D eigenvalue weighted by molar-refractivity contribution is 0.218. The molecule has 0 saturated heterocycles. The van der Waals surface area contributed by atoms with Crippen molar-refractivity contribution in [3.05, 3.63) is 23.8 Å². The van der Waals surface area contributed by atoms with Gasteiger partial charge in [0, 0.05) is 12.1 Å². The number of methoxy groups -OCH3 is 2. The lowest BCUT2D eigenvalue weighted by Gasteiger charge is -2.30. The molecule has 0 saturated carbocycles. The van der Waals surface area contributed by atoms with E-state index in [1.807, 2.05) is 12.1 Å². The molecule has 1 aromatic rings. The van der Waals surface area contributed by atoms with E-state index < -0.39 is 0 Å². The Labute approximate surface area is 110 Å². The minimum Gasteiger partial charge on any atom is -0.493 e. The normalized spacial score (nSPS) is 12.6. The van der Waals surface area contributed by atoms with Crippen LogP contribution in [-0.2, 0) is 0 Å². The van der Waals surface area contributed by atoms with Crippen LogP contribution in [-0.4, -0.2) is 38.8 Å². The molecule has 4 heteroatoms. The van der Waals surface area contributed by atoms with Crippen LogP contribution in [0.4, 0.5) is 0 Å². The van der Waals surface area contributed by atoms with Gasteiger partial charge in [-0.15, -0.1) is 0 Å². The minimum atomic E-state index is 0.157. The van der Waals surface area contributed by atoms with E-state index in [0.29, 0.717) is 6.54 Å². The van der Waals surface area contributed by atoms with Crippen LogP contribution >= 0.6 is 0 Å². The summed E-state index contributed by atoms with van der Waals surface area (Å²) in [6.45, 7) is 6.75. The Morgan fingerprint density at radius 2 is 1.83 bits per heavy atom. The van der Waals surface area contributed by atoms with E-state index in [2.05, 4.69) is 24.8 Å². The van der Waals surface area contributed by atoms with Gasteiger partial charge >= 0.3 is 0 Å². The van der Waals surface area contributed by atoms with E-state index in [4.69, 9.17) is 15.2 Å². The van der Waals surface area contributed by atoms with Gasteiger partial charge in [0.05, 0.1) is 20.3 Å². The average Bonchev–Trinajstić information content (AvgIpc) is 2.43. The van der Waals surface area contributed by atoms with Crippen LogP contribution in [0.15, 0.2) is 18.2 Å². The van der Waals surface area contributed by atoms with Crippen LogP contribution < -0.4 is 15.2 Å². The first-order valence-electron chi connectivity index (χ1n) is 6.38. The van der Waals surface area contributed by atoms with Gasteiger partial charge in [-0.1, -0.05) is 26.0 Å². The third kappa shape index (κ3) is 2.94. The maximum absolute atomic E-state index is 5.93. The monoisotopic (exact) mass is 252 g/mol. The number of ether oxygens (including phenoxy) is 2. The largest absolute Gasteiger partial charge is 0.493 e. The molecule has 18 heavy (non-hydrogen) atoms. The van der Waals surface area contributed by atoms with E-state index in [0.717, 1.165) is 30.2 Å². The molecule has 2 N–H and O–H groups in total. The molecule has 1 rings (SSSR count). The maximum Gasteiger partial charge on any atom is 0.165 e. The highest BCUT2D eigenvalue weighted by molar-refractivity contribution is 5.48. The van der Waals surface area contributed by atoms with Crippen LogP contribution in [0, 0.1) is 0 Å². The highest BCUT2D eigenvalue weighted by Crippen LogP contribution is 2.36. The molecule has 0 heterocycles. The van der Waals surface area contributed by atoms with Gasteiger partial charge in [0.2, 0.25) is 0 Å². The summed E-state index contributed by atoms with van der Waals surface area (Å²) < 4.78 is 10.8. The van der Waals surface area contributed by atoms with Gasteiger partial charge in [-0.2, -0.15) is 0 Å². The fraction of sp³-hybridized carbons (Fsp3) is 0.571. The van der Waals surface area contributed by atoms with Gasteiger partial charge in [0.15, 0.2) is 11.5 Å². The van der Waals surface area contributed by atoms with Gasteiger partial charge in [0.1, 0.15) is 0 Å². The van der Waals surface area contributed by atoms with Crippen LogP contribution in [0.5, 0.6) is 11.5 Å². The predicted octanol–water partition coefficient (Wildman–Crippen LogP) is 2.05. The Balaban J connectivity index is 3.19. The van der Waals surface area contributed by atoms with E-state index in [1.54, 1.807) is 14.2 Å². The van der Waals surface area contributed by atoms with Crippen molar-refractivity contribution in [1.82, 2.24) is 4.90 Å². The number of nitrogens with zero attached hydrogens (tertiary/aromatic N) is 1. The summed E-state index contributed by atoms with van der Waals surface area (Å²) in [5.41, 5.74) is 7.02. The molecule has 1 aromatic carbocycles. The lowest BCUT2D eigenvalue weighted by Crippen LogP contribution is -2.33. The van der Waals surface area contributed by atoms with Crippen molar-refractivity contribution in [3.63, 3.8) is 0 Å². The zero-order valence-corrected chi connectivity index (χ0v) is 11.8. The zero-order chi connectivity index (χ0) is 13.5. The summed E-state index contributed by atoms with van der Waals surface area (Å²) in [5.74, 6) is 1.53. The Hall–Kier alpha value is -1.26. The molecule has 0 spiro atoms. The predicted molar refractivity (Wildman–Crippen MR) is 74.3 cm³/mol. The van der Waals surface area contributed by atoms with Crippen molar-refractivity contribution in [1.29, 1.82) is 0 Å². The minimum absolute atomic E-state index is 0.157. The first-order chi connectivity index (χ1) is 8.73. The molecule has 0 aliphatic rings. The first-order valence-corrected chi connectivity index (χ1v) is 6.38. The van der Waals surface area contributed by atoms with E-state index in [9.17, 15) is 0 Å². The SMILES string of the molecule is CCN(CC)[C@@H](CN)c1cccc(OC)c1OC. The average molecular weight is 252 g/mol. The summed E-state index contributed by atoms with van der Waals surface area (Å²) in [5, 5.41) is 0. The number of nitrogens with two attached hydrogens (primary N) is 1. The van der Waals surface area contributed by atoms with Crippen LogP contribution in [0.3, 0.4) is 0 Å². The third-order valence-corrected chi connectivity index (χ3v) is 3.27. The molecule has 0 unspecified atom stereocenters. The summed E-state index contributed by atoms with van der Waals surface area (Å²) >= 11 is 0. The van der Waals surface area contributed by atoms with Crippen LogP contribution in [0.25, 0.3) is 0 Å². The smallest absolute Gasteiger partial charge is 0.165 e. The van der Waals surface area contributed by atoms with Crippen molar-refractivity contribution in [3.8, 4) is 11.5 Å². The van der Waals surface area contributed by atoms with E-state index in [1.165, 1.54) is 0 Å². The topological polar surface area (TPSA) is 47.7 Å². The van der Waals surface area contributed by atoms with Gasteiger partial charge in [-0.3, -0.25) is 4.90 Å². The highest BCUT2D eigenvalue weighted by Gasteiger charge is 2.22. The zero-order valence-electron chi connectivity index (χ0n) is 11.8. The maximum atomic E-state index is 5.93. The highest BCUT2D eigenvalue weighted by atomic mass is 16.5. The molecular formula is C14H24N2O2. The second kappa shape index (κ2) is 7.24. The number of hydrogen-bond acceptors (Lipinski definition) is 4. The summed E-state index contributed by atoms with van der Waals surface area (Å²) in [6.07, 6.45) is 0. The van der Waals surface area contributed by atoms with Crippen molar-refractivity contribution in [2.75, 3.05) is 33.9 Å².